The highest BCUT2D eigenvalue weighted by Crippen LogP contribution is 2.17. The van der Waals surface area contributed by atoms with E-state index in [2.05, 4.69) is 14.6 Å². The lowest BCUT2D eigenvalue weighted by Crippen LogP contribution is -2.43. The number of aryl methyl sites for hydroxylation is 1. The molecule has 0 spiro atoms. The van der Waals surface area contributed by atoms with E-state index in [-0.39, 0.29) is 18.5 Å². The lowest BCUT2D eigenvalue weighted by atomic mass is 10.2. The number of hydrogen-bond acceptors (Lipinski definition) is 6. The van der Waals surface area contributed by atoms with Crippen LogP contribution in [0.1, 0.15) is 17.8 Å². The predicted molar refractivity (Wildman–Crippen MR) is 77.2 cm³/mol. The second-order valence-electron chi connectivity index (χ2n) is 5.15. The van der Waals surface area contributed by atoms with Crippen LogP contribution >= 0.6 is 0 Å². The number of morpholine rings is 1. The first kappa shape index (κ1) is 15.7. The van der Waals surface area contributed by atoms with Crippen molar-refractivity contribution < 1.29 is 19.0 Å². The van der Waals surface area contributed by atoms with Crippen LogP contribution in [0.3, 0.4) is 0 Å². The Balaban J connectivity index is 1.96. The Labute approximate surface area is 125 Å². The fraction of sp³-hybridized carbons (Fsp3) is 0.600. The number of esters is 1. The number of nitrogens with zero attached hydrogens (tertiary/aromatic N) is 2. The molecule has 2 heterocycles. The smallest absolute Gasteiger partial charge is 0.308 e. The van der Waals surface area contributed by atoms with Crippen molar-refractivity contribution in [2.45, 2.75) is 26.0 Å². The summed E-state index contributed by atoms with van der Waals surface area (Å²) >= 11 is 0. The van der Waals surface area contributed by atoms with Crippen LogP contribution in [0.15, 0.2) is 12.1 Å². The molecule has 116 valence electrons. The van der Waals surface area contributed by atoms with Gasteiger partial charge in [-0.25, -0.2) is 0 Å². The minimum Gasteiger partial charge on any atom is -0.497 e. The molecule has 0 aliphatic carbocycles. The summed E-state index contributed by atoms with van der Waals surface area (Å²) in [6, 6.07) is 3.85. The fourth-order valence-corrected chi connectivity index (χ4v) is 2.45. The Morgan fingerprint density at radius 1 is 1.48 bits per heavy atom. The molecule has 0 radical (unpaired) electrons. The van der Waals surface area contributed by atoms with Crippen molar-refractivity contribution in [1.82, 2.24) is 9.88 Å². The van der Waals surface area contributed by atoms with Gasteiger partial charge >= 0.3 is 5.97 Å². The Morgan fingerprint density at radius 2 is 2.29 bits per heavy atom. The van der Waals surface area contributed by atoms with Gasteiger partial charge in [0, 0.05) is 37.5 Å². The number of rotatable bonds is 5. The SMILES string of the molecule is COC(=O)CC1CN(Cc2cc(OC)cc(C)n2)CCO1. The molecule has 6 nitrogen and oxygen atoms in total. The van der Waals surface area contributed by atoms with Crippen molar-refractivity contribution in [2.75, 3.05) is 33.9 Å². The third-order valence-electron chi connectivity index (χ3n) is 3.45. The average molecular weight is 294 g/mol. The van der Waals surface area contributed by atoms with Gasteiger partial charge < -0.3 is 14.2 Å². The summed E-state index contributed by atoms with van der Waals surface area (Å²) < 4.78 is 15.6. The number of carbonyl (C=O) groups is 1. The fourth-order valence-electron chi connectivity index (χ4n) is 2.45. The summed E-state index contributed by atoms with van der Waals surface area (Å²) in [5.41, 5.74) is 1.90. The minimum absolute atomic E-state index is 0.113. The molecule has 1 aliphatic heterocycles. The van der Waals surface area contributed by atoms with Crippen molar-refractivity contribution >= 4 is 5.97 Å². The Hall–Kier alpha value is -1.66. The van der Waals surface area contributed by atoms with Gasteiger partial charge in [-0.15, -0.1) is 0 Å². The second kappa shape index (κ2) is 7.38. The lowest BCUT2D eigenvalue weighted by Gasteiger charge is -2.32. The zero-order valence-corrected chi connectivity index (χ0v) is 12.8. The van der Waals surface area contributed by atoms with Gasteiger partial charge in [-0.2, -0.15) is 0 Å². The van der Waals surface area contributed by atoms with Gasteiger partial charge in [-0.1, -0.05) is 0 Å². The first-order valence-corrected chi connectivity index (χ1v) is 7.03. The topological polar surface area (TPSA) is 60.9 Å². The van der Waals surface area contributed by atoms with Crippen molar-refractivity contribution in [2.24, 2.45) is 0 Å². The van der Waals surface area contributed by atoms with Gasteiger partial charge in [0.05, 0.1) is 39.0 Å². The molecule has 1 saturated heterocycles. The summed E-state index contributed by atoms with van der Waals surface area (Å²) in [5, 5.41) is 0. The molecule has 0 saturated carbocycles. The highest BCUT2D eigenvalue weighted by atomic mass is 16.5. The van der Waals surface area contributed by atoms with E-state index >= 15 is 0 Å². The summed E-state index contributed by atoms with van der Waals surface area (Å²) in [6.07, 6.45) is 0.176. The van der Waals surface area contributed by atoms with E-state index in [0.717, 1.165) is 30.2 Å². The highest BCUT2D eigenvalue weighted by molar-refractivity contribution is 5.69. The Morgan fingerprint density at radius 3 is 3.00 bits per heavy atom. The summed E-state index contributed by atoms with van der Waals surface area (Å²) in [5.74, 6) is 0.578. The van der Waals surface area contributed by atoms with Crippen LogP contribution in [0.5, 0.6) is 5.75 Å². The van der Waals surface area contributed by atoms with Crippen LogP contribution in [0, 0.1) is 6.92 Å². The van der Waals surface area contributed by atoms with Crippen molar-refractivity contribution in [1.29, 1.82) is 0 Å². The van der Waals surface area contributed by atoms with Gasteiger partial charge in [0.15, 0.2) is 0 Å². The van der Waals surface area contributed by atoms with Crippen molar-refractivity contribution in [3.63, 3.8) is 0 Å². The molecule has 0 bridgehead atoms. The monoisotopic (exact) mass is 294 g/mol. The molecule has 1 aromatic heterocycles. The summed E-state index contributed by atoms with van der Waals surface area (Å²) in [7, 11) is 3.05. The quantitative estimate of drug-likeness (QED) is 0.760. The lowest BCUT2D eigenvalue weighted by molar-refractivity contribution is -0.145. The highest BCUT2D eigenvalue weighted by Gasteiger charge is 2.23. The van der Waals surface area contributed by atoms with Crippen LogP contribution in [0.4, 0.5) is 0 Å². The molecule has 0 amide bonds. The number of hydrogen-bond donors (Lipinski definition) is 0. The van der Waals surface area contributed by atoms with Gasteiger partial charge in [0.25, 0.3) is 0 Å². The first-order chi connectivity index (χ1) is 10.1. The van der Waals surface area contributed by atoms with E-state index in [0.29, 0.717) is 13.2 Å². The molecule has 21 heavy (non-hydrogen) atoms. The molecule has 0 aromatic carbocycles. The maximum atomic E-state index is 11.3. The molecule has 0 N–H and O–H groups in total. The van der Waals surface area contributed by atoms with Gasteiger partial charge in [-0.3, -0.25) is 14.7 Å². The number of carbonyl (C=O) groups excluding carboxylic acids is 1. The number of pyridine rings is 1. The number of methoxy groups -OCH3 is 2. The third-order valence-corrected chi connectivity index (χ3v) is 3.45. The molecular weight excluding hydrogens is 272 g/mol. The third kappa shape index (κ3) is 4.68. The predicted octanol–water partition coefficient (Wildman–Crippen LogP) is 1.16. The van der Waals surface area contributed by atoms with Crippen LogP contribution in [0.2, 0.25) is 0 Å². The van der Waals surface area contributed by atoms with E-state index in [1.54, 1.807) is 7.11 Å². The van der Waals surface area contributed by atoms with Crippen LogP contribution in [-0.2, 0) is 20.8 Å². The zero-order chi connectivity index (χ0) is 15.2. The van der Waals surface area contributed by atoms with Crippen LogP contribution in [0.25, 0.3) is 0 Å². The van der Waals surface area contributed by atoms with E-state index in [9.17, 15) is 4.79 Å². The van der Waals surface area contributed by atoms with Crippen LogP contribution in [-0.4, -0.2) is 55.9 Å². The van der Waals surface area contributed by atoms with E-state index in [1.165, 1.54) is 7.11 Å². The van der Waals surface area contributed by atoms with Crippen molar-refractivity contribution in [3.8, 4) is 5.75 Å². The maximum Gasteiger partial charge on any atom is 0.308 e. The van der Waals surface area contributed by atoms with E-state index in [1.807, 2.05) is 19.1 Å². The molecule has 1 aromatic rings. The minimum atomic E-state index is -0.239. The van der Waals surface area contributed by atoms with Crippen LogP contribution < -0.4 is 4.74 Å². The van der Waals surface area contributed by atoms with Crippen molar-refractivity contribution in [3.05, 3.63) is 23.5 Å². The van der Waals surface area contributed by atoms with E-state index < -0.39 is 0 Å². The molecule has 1 atom stereocenters. The normalized spacial score (nSPS) is 19.3. The summed E-state index contributed by atoms with van der Waals surface area (Å²) in [6.45, 7) is 4.82. The Kier molecular flexibility index (Phi) is 5.52. The molecule has 1 fully saturated rings. The zero-order valence-electron chi connectivity index (χ0n) is 12.8. The summed E-state index contributed by atoms with van der Waals surface area (Å²) in [4.78, 5) is 18.1. The molecular formula is C15H22N2O4. The maximum absolute atomic E-state index is 11.3. The molecule has 1 unspecified atom stereocenters. The second-order valence-corrected chi connectivity index (χ2v) is 5.15. The number of aromatic nitrogens is 1. The first-order valence-electron chi connectivity index (χ1n) is 7.03. The molecule has 2 rings (SSSR count). The number of ether oxygens (including phenoxy) is 3. The largest absolute Gasteiger partial charge is 0.497 e. The van der Waals surface area contributed by atoms with Gasteiger partial charge in [0.1, 0.15) is 5.75 Å². The van der Waals surface area contributed by atoms with Gasteiger partial charge in [-0.05, 0) is 6.92 Å². The van der Waals surface area contributed by atoms with Gasteiger partial charge in [0.2, 0.25) is 0 Å². The van der Waals surface area contributed by atoms with E-state index in [4.69, 9.17) is 9.47 Å². The molecule has 1 aliphatic rings. The average Bonchev–Trinajstić information content (AvgIpc) is 2.46. The Bertz CT molecular complexity index is 493. The molecule has 6 heteroatoms. The standard InChI is InChI=1S/C15H22N2O4/c1-11-6-13(19-2)7-12(16-11)9-17-4-5-21-14(10-17)8-15(18)20-3/h6-7,14H,4-5,8-10H2,1-3H3.